The molecule has 0 unspecified atom stereocenters. The number of rotatable bonds is 7. The molecule has 2 aromatic rings. The Balaban J connectivity index is 1.84. The Morgan fingerprint density at radius 1 is 1.05 bits per heavy atom. The monoisotopic (exact) mass is 284 g/mol. The van der Waals surface area contributed by atoms with E-state index in [0.717, 1.165) is 36.8 Å². The molecule has 0 aliphatic carbocycles. The van der Waals surface area contributed by atoms with Crippen LogP contribution in [0.1, 0.15) is 31.7 Å². The van der Waals surface area contributed by atoms with Crippen LogP contribution >= 0.6 is 0 Å². The summed E-state index contributed by atoms with van der Waals surface area (Å²) in [5.41, 5.74) is 1.38. The van der Waals surface area contributed by atoms with Crippen LogP contribution in [-0.2, 0) is 6.42 Å². The molecule has 0 radical (unpaired) electrons. The van der Waals surface area contributed by atoms with Gasteiger partial charge >= 0.3 is 0 Å². The standard InChI is InChI=1S/C17H24N4/c1-13(2)19-17-12-16(20-14(3)21-17)18-11-7-10-15-8-5-4-6-9-15/h4-6,8-9,12-13H,7,10-11H2,1-3H3,(H2,18,19,20,21). The summed E-state index contributed by atoms with van der Waals surface area (Å²) in [4.78, 5) is 8.81. The molecule has 0 bridgehead atoms. The second-order valence-corrected chi connectivity index (χ2v) is 5.50. The lowest BCUT2D eigenvalue weighted by Crippen LogP contribution is -2.13. The van der Waals surface area contributed by atoms with Crippen molar-refractivity contribution in [2.24, 2.45) is 0 Å². The van der Waals surface area contributed by atoms with Crippen molar-refractivity contribution in [2.45, 2.75) is 39.7 Å². The van der Waals surface area contributed by atoms with Gasteiger partial charge in [-0.1, -0.05) is 30.3 Å². The minimum Gasteiger partial charge on any atom is -0.370 e. The third kappa shape index (κ3) is 5.42. The van der Waals surface area contributed by atoms with Crippen molar-refractivity contribution < 1.29 is 0 Å². The van der Waals surface area contributed by atoms with E-state index in [1.807, 2.05) is 13.0 Å². The number of anilines is 2. The molecule has 0 saturated heterocycles. The van der Waals surface area contributed by atoms with E-state index in [9.17, 15) is 0 Å². The van der Waals surface area contributed by atoms with Gasteiger partial charge in [-0.25, -0.2) is 9.97 Å². The van der Waals surface area contributed by atoms with Crippen molar-refractivity contribution >= 4 is 11.6 Å². The second-order valence-electron chi connectivity index (χ2n) is 5.50. The number of nitrogens with one attached hydrogen (secondary N) is 2. The summed E-state index contributed by atoms with van der Waals surface area (Å²) in [5, 5.41) is 6.69. The van der Waals surface area contributed by atoms with Crippen LogP contribution in [0.3, 0.4) is 0 Å². The molecular weight excluding hydrogens is 260 g/mol. The molecule has 0 spiro atoms. The number of nitrogens with zero attached hydrogens (tertiary/aromatic N) is 2. The maximum atomic E-state index is 4.42. The second kappa shape index (κ2) is 7.62. The smallest absolute Gasteiger partial charge is 0.131 e. The van der Waals surface area contributed by atoms with E-state index >= 15 is 0 Å². The van der Waals surface area contributed by atoms with Gasteiger partial charge in [0, 0.05) is 18.7 Å². The van der Waals surface area contributed by atoms with E-state index in [2.05, 4.69) is 64.8 Å². The fourth-order valence-corrected chi connectivity index (χ4v) is 2.18. The zero-order valence-electron chi connectivity index (χ0n) is 13.1. The van der Waals surface area contributed by atoms with Crippen molar-refractivity contribution in [2.75, 3.05) is 17.2 Å². The van der Waals surface area contributed by atoms with Crippen molar-refractivity contribution in [3.63, 3.8) is 0 Å². The van der Waals surface area contributed by atoms with Gasteiger partial charge in [0.25, 0.3) is 0 Å². The minimum atomic E-state index is 0.366. The normalized spacial score (nSPS) is 10.7. The van der Waals surface area contributed by atoms with Gasteiger partial charge in [0.05, 0.1) is 0 Å². The predicted octanol–water partition coefficient (Wildman–Crippen LogP) is 3.65. The summed E-state index contributed by atoms with van der Waals surface area (Å²) >= 11 is 0. The number of hydrogen-bond acceptors (Lipinski definition) is 4. The molecule has 21 heavy (non-hydrogen) atoms. The Morgan fingerprint density at radius 2 is 1.76 bits per heavy atom. The lowest BCUT2D eigenvalue weighted by Gasteiger charge is -2.12. The third-order valence-corrected chi connectivity index (χ3v) is 3.07. The SMILES string of the molecule is Cc1nc(NCCCc2ccccc2)cc(NC(C)C)n1. The van der Waals surface area contributed by atoms with Crippen molar-refractivity contribution in [3.8, 4) is 0 Å². The highest BCUT2D eigenvalue weighted by molar-refractivity contribution is 5.47. The molecule has 1 aromatic carbocycles. The van der Waals surface area contributed by atoms with Gasteiger partial charge in [0.15, 0.2) is 0 Å². The summed E-state index contributed by atoms with van der Waals surface area (Å²) in [6.07, 6.45) is 2.16. The van der Waals surface area contributed by atoms with E-state index in [1.165, 1.54) is 5.56 Å². The summed E-state index contributed by atoms with van der Waals surface area (Å²) in [5.74, 6) is 2.55. The van der Waals surface area contributed by atoms with Gasteiger partial charge in [0.1, 0.15) is 17.5 Å². The van der Waals surface area contributed by atoms with Gasteiger partial charge in [-0.2, -0.15) is 0 Å². The Hall–Kier alpha value is -2.10. The first-order chi connectivity index (χ1) is 10.1. The van der Waals surface area contributed by atoms with Crippen LogP contribution in [0.5, 0.6) is 0 Å². The van der Waals surface area contributed by atoms with Crippen LogP contribution in [-0.4, -0.2) is 22.6 Å². The van der Waals surface area contributed by atoms with E-state index in [1.54, 1.807) is 0 Å². The first kappa shape index (κ1) is 15.3. The first-order valence-corrected chi connectivity index (χ1v) is 7.53. The van der Waals surface area contributed by atoms with Crippen LogP contribution in [0, 0.1) is 6.92 Å². The zero-order chi connectivity index (χ0) is 15.1. The summed E-state index contributed by atoms with van der Waals surface area (Å²) in [6, 6.07) is 12.9. The van der Waals surface area contributed by atoms with Crippen LogP contribution in [0.2, 0.25) is 0 Å². The minimum absolute atomic E-state index is 0.366. The Labute approximate surface area is 127 Å². The molecule has 0 aliphatic heterocycles. The van der Waals surface area contributed by atoms with Crippen molar-refractivity contribution in [3.05, 3.63) is 47.8 Å². The van der Waals surface area contributed by atoms with E-state index in [4.69, 9.17) is 0 Å². The summed E-state index contributed by atoms with van der Waals surface area (Å²) in [7, 11) is 0. The number of hydrogen-bond donors (Lipinski definition) is 2. The van der Waals surface area contributed by atoms with Crippen LogP contribution in [0.25, 0.3) is 0 Å². The highest BCUT2D eigenvalue weighted by atomic mass is 15.1. The summed E-state index contributed by atoms with van der Waals surface area (Å²) in [6.45, 7) is 7.03. The molecule has 1 aromatic heterocycles. The Kier molecular flexibility index (Phi) is 5.55. The van der Waals surface area contributed by atoms with Gasteiger partial charge in [-0.05, 0) is 39.2 Å². The van der Waals surface area contributed by atoms with Crippen LogP contribution in [0.4, 0.5) is 11.6 Å². The molecule has 4 heteroatoms. The topological polar surface area (TPSA) is 49.8 Å². The van der Waals surface area contributed by atoms with Crippen molar-refractivity contribution in [1.29, 1.82) is 0 Å². The first-order valence-electron chi connectivity index (χ1n) is 7.53. The van der Waals surface area contributed by atoms with Gasteiger partial charge < -0.3 is 10.6 Å². The molecule has 0 amide bonds. The molecule has 0 saturated carbocycles. The number of benzene rings is 1. The van der Waals surface area contributed by atoms with Crippen molar-refractivity contribution in [1.82, 2.24) is 9.97 Å². The number of aryl methyl sites for hydroxylation is 2. The molecule has 0 atom stereocenters. The quantitative estimate of drug-likeness (QED) is 0.762. The lowest BCUT2D eigenvalue weighted by atomic mass is 10.1. The Bertz CT molecular complexity index is 552. The maximum Gasteiger partial charge on any atom is 0.131 e. The van der Waals surface area contributed by atoms with Gasteiger partial charge in [-0.3, -0.25) is 0 Å². The fourth-order valence-electron chi connectivity index (χ4n) is 2.18. The Morgan fingerprint density at radius 3 is 2.48 bits per heavy atom. The lowest BCUT2D eigenvalue weighted by molar-refractivity contribution is 0.852. The average Bonchev–Trinajstić information content (AvgIpc) is 2.43. The van der Waals surface area contributed by atoms with Crippen LogP contribution < -0.4 is 10.6 Å². The summed E-state index contributed by atoms with van der Waals surface area (Å²) < 4.78 is 0. The molecular formula is C17H24N4. The predicted molar refractivity (Wildman–Crippen MR) is 88.8 cm³/mol. The average molecular weight is 284 g/mol. The fraction of sp³-hybridized carbons (Fsp3) is 0.412. The van der Waals surface area contributed by atoms with E-state index in [-0.39, 0.29) is 0 Å². The molecule has 0 aliphatic rings. The molecule has 2 N–H and O–H groups in total. The molecule has 1 heterocycles. The zero-order valence-corrected chi connectivity index (χ0v) is 13.1. The largest absolute Gasteiger partial charge is 0.370 e. The van der Waals surface area contributed by atoms with Gasteiger partial charge in [-0.15, -0.1) is 0 Å². The van der Waals surface area contributed by atoms with E-state index in [0.29, 0.717) is 6.04 Å². The number of aromatic nitrogens is 2. The molecule has 4 nitrogen and oxygen atoms in total. The maximum absolute atomic E-state index is 4.42. The van der Waals surface area contributed by atoms with Gasteiger partial charge in [0.2, 0.25) is 0 Å². The van der Waals surface area contributed by atoms with E-state index < -0.39 is 0 Å². The van der Waals surface area contributed by atoms with Crippen LogP contribution in [0.15, 0.2) is 36.4 Å². The highest BCUT2D eigenvalue weighted by Crippen LogP contribution is 2.12. The highest BCUT2D eigenvalue weighted by Gasteiger charge is 2.02. The molecule has 2 rings (SSSR count). The molecule has 0 fully saturated rings. The third-order valence-electron chi connectivity index (χ3n) is 3.07. The molecule has 112 valence electrons.